The maximum Gasteiger partial charge on any atom is 0.407 e. The lowest BCUT2D eigenvalue weighted by Crippen LogP contribution is -2.31. The van der Waals surface area contributed by atoms with Crippen molar-refractivity contribution >= 4 is 11.0 Å². The zero-order valence-corrected chi connectivity index (χ0v) is 18.1. The molecule has 2 heterocycles. The highest BCUT2D eigenvalue weighted by atomic mass is 16.6. The summed E-state index contributed by atoms with van der Waals surface area (Å²) in [5, 5.41) is 27.5. The number of ether oxygens (including phenoxy) is 1. The first kappa shape index (κ1) is 20.6. The van der Waals surface area contributed by atoms with Gasteiger partial charge in [0.15, 0.2) is 5.69 Å². The first-order chi connectivity index (χ1) is 16.2. The van der Waals surface area contributed by atoms with Crippen molar-refractivity contribution in [2.45, 2.75) is 26.2 Å². The second-order valence-corrected chi connectivity index (χ2v) is 7.66. The second-order valence-electron chi connectivity index (χ2n) is 7.66. The van der Waals surface area contributed by atoms with Gasteiger partial charge in [0.1, 0.15) is 11.3 Å². The van der Waals surface area contributed by atoms with E-state index >= 15 is 0 Å². The molecule has 0 unspecified atom stereocenters. The largest absolute Gasteiger partial charge is 0.615 e. The number of rotatable bonds is 7. The Kier molecular flexibility index (Phi) is 5.63. The Bertz CT molecular complexity index is 1380. The molecule has 8 nitrogen and oxygen atoms in total. The van der Waals surface area contributed by atoms with Gasteiger partial charge >= 0.3 is 5.88 Å². The number of fused-ring (bicyclic) bond motifs is 1. The summed E-state index contributed by atoms with van der Waals surface area (Å²) in [7, 11) is 0. The van der Waals surface area contributed by atoms with Crippen LogP contribution in [-0.4, -0.2) is 25.6 Å². The van der Waals surface area contributed by atoms with Crippen LogP contribution in [0.4, 0.5) is 0 Å². The number of benzene rings is 3. The number of para-hydroxylation sites is 2. The number of nitrogens with one attached hydrogen (secondary N) is 1. The number of aromatic nitrogens is 6. The van der Waals surface area contributed by atoms with Gasteiger partial charge in [-0.05, 0) is 41.0 Å². The molecule has 33 heavy (non-hydrogen) atoms. The highest BCUT2D eigenvalue weighted by Crippen LogP contribution is 2.32. The van der Waals surface area contributed by atoms with Crippen molar-refractivity contribution in [3.63, 3.8) is 0 Å². The monoisotopic (exact) mass is 438 g/mol. The smallest absolute Gasteiger partial charge is 0.407 e. The second kappa shape index (κ2) is 9.04. The SMILES string of the molecule is CCCCc1nc2ccccc2[n+]([O-])c1Oc1ccc(-c2ccccc2-c2nn[nH]n2)cc1. The molecule has 0 atom stereocenters. The van der Waals surface area contributed by atoms with Gasteiger partial charge < -0.3 is 9.94 Å². The molecule has 0 saturated heterocycles. The predicted molar refractivity (Wildman–Crippen MR) is 124 cm³/mol. The molecule has 0 fully saturated rings. The van der Waals surface area contributed by atoms with Crippen molar-refractivity contribution in [1.29, 1.82) is 0 Å². The molecule has 2 aromatic heterocycles. The average Bonchev–Trinajstić information content (AvgIpc) is 3.40. The number of aromatic amines is 1. The van der Waals surface area contributed by atoms with E-state index in [1.807, 2.05) is 66.7 Å². The molecule has 0 aliphatic carbocycles. The van der Waals surface area contributed by atoms with E-state index < -0.39 is 0 Å². The minimum absolute atomic E-state index is 0.224. The minimum atomic E-state index is 0.224. The molecule has 0 bridgehead atoms. The van der Waals surface area contributed by atoms with Gasteiger partial charge in [0.25, 0.3) is 0 Å². The zero-order valence-electron chi connectivity index (χ0n) is 18.1. The lowest BCUT2D eigenvalue weighted by molar-refractivity contribution is -0.584. The van der Waals surface area contributed by atoms with Crippen molar-refractivity contribution in [1.82, 2.24) is 25.6 Å². The van der Waals surface area contributed by atoms with Gasteiger partial charge in [-0.15, -0.1) is 14.9 Å². The summed E-state index contributed by atoms with van der Waals surface area (Å²) in [6.07, 6.45) is 2.60. The van der Waals surface area contributed by atoms with Crippen molar-refractivity contribution < 1.29 is 9.47 Å². The molecular weight excluding hydrogens is 416 g/mol. The van der Waals surface area contributed by atoms with Crippen LogP contribution in [0.3, 0.4) is 0 Å². The maximum absolute atomic E-state index is 13.1. The minimum Gasteiger partial charge on any atom is -0.615 e. The summed E-state index contributed by atoms with van der Waals surface area (Å²) >= 11 is 0. The van der Waals surface area contributed by atoms with Crippen LogP contribution in [0.5, 0.6) is 11.6 Å². The lowest BCUT2D eigenvalue weighted by Gasteiger charge is -2.13. The standard InChI is InChI=1S/C25H22N6O2/c1-2-3-10-22-25(31(32)23-12-7-6-11-21(23)26-22)33-18-15-13-17(14-16-18)19-8-4-5-9-20(19)24-27-29-30-28-24/h4-9,11-16H,2-3,10H2,1H3,(H,27,28,29,30). The van der Waals surface area contributed by atoms with E-state index in [0.29, 0.717) is 34.7 Å². The normalized spacial score (nSPS) is 11.1. The summed E-state index contributed by atoms with van der Waals surface area (Å²) < 4.78 is 6.93. The van der Waals surface area contributed by atoms with Gasteiger partial charge in [-0.25, -0.2) is 4.98 Å². The third-order valence-corrected chi connectivity index (χ3v) is 5.45. The van der Waals surface area contributed by atoms with E-state index in [9.17, 15) is 5.21 Å². The van der Waals surface area contributed by atoms with Crippen molar-refractivity contribution in [3.8, 4) is 34.1 Å². The van der Waals surface area contributed by atoms with Crippen LogP contribution in [0, 0.1) is 5.21 Å². The topological polar surface area (TPSA) is 104 Å². The highest BCUT2D eigenvalue weighted by Gasteiger charge is 2.21. The molecule has 0 amide bonds. The summed E-state index contributed by atoms with van der Waals surface area (Å²) in [4.78, 5) is 4.71. The Morgan fingerprint density at radius 2 is 1.70 bits per heavy atom. The van der Waals surface area contributed by atoms with Crippen LogP contribution in [0.15, 0.2) is 72.8 Å². The zero-order chi connectivity index (χ0) is 22.6. The number of aryl methyl sites for hydroxylation is 1. The first-order valence-corrected chi connectivity index (χ1v) is 10.9. The number of tetrazole rings is 1. The molecule has 0 spiro atoms. The van der Waals surface area contributed by atoms with Crippen LogP contribution in [0.2, 0.25) is 0 Å². The molecule has 164 valence electrons. The van der Waals surface area contributed by atoms with Crippen LogP contribution < -0.4 is 9.47 Å². The van der Waals surface area contributed by atoms with E-state index in [-0.39, 0.29) is 5.88 Å². The summed E-state index contributed by atoms with van der Waals surface area (Å²) in [6.45, 7) is 2.11. The molecule has 0 saturated carbocycles. The van der Waals surface area contributed by atoms with Gasteiger partial charge in [-0.2, -0.15) is 5.21 Å². The molecule has 0 aliphatic rings. The van der Waals surface area contributed by atoms with Crippen LogP contribution >= 0.6 is 0 Å². The molecule has 3 aromatic carbocycles. The van der Waals surface area contributed by atoms with E-state index in [2.05, 4.69) is 27.5 Å². The summed E-state index contributed by atoms with van der Waals surface area (Å²) in [5.41, 5.74) is 4.63. The molecule has 1 N–H and O–H groups in total. The fraction of sp³-hybridized carbons (Fsp3) is 0.160. The number of unbranched alkanes of at least 4 members (excludes halogenated alkanes) is 1. The Morgan fingerprint density at radius 3 is 2.45 bits per heavy atom. The fourth-order valence-electron chi connectivity index (χ4n) is 3.78. The van der Waals surface area contributed by atoms with Crippen LogP contribution in [0.1, 0.15) is 25.5 Å². The number of H-pyrrole nitrogens is 1. The Balaban J connectivity index is 1.49. The van der Waals surface area contributed by atoms with Crippen molar-refractivity contribution in [3.05, 3.63) is 83.7 Å². The Labute approximate surface area is 190 Å². The molecule has 0 radical (unpaired) electrons. The molecular formula is C25H22N6O2. The molecule has 5 rings (SSSR count). The summed E-state index contributed by atoms with van der Waals surface area (Å²) in [5.74, 6) is 1.32. The van der Waals surface area contributed by atoms with Crippen LogP contribution in [-0.2, 0) is 6.42 Å². The van der Waals surface area contributed by atoms with Crippen molar-refractivity contribution in [2.75, 3.05) is 0 Å². The van der Waals surface area contributed by atoms with E-state index in [4.69, 9.17) is 9.72 Å². The van der Waals surface area contributed by atoms with E-state index in [1.165, 1.54) is 0 Å². The number of hydrogen-bond acceptors (Lipinski definition) is 6. The van der Waals surface area contributed by atoms with Crippen molar-refractivity contribution in [2.24, 2.45) is 0 Å². The predicted octanol–water partition coefficient (Wildman–Crippen LogP) is 4.85. The van der Waals surface area contributed by atoms with Gasteiger partial charge in [0.2, 0.25) is 11.3 Å². The average molecular weight is 438 g/mol. The number of hydrogen-bond donors (Lipinski definition) is 1. The summed E-state index contributed by atoms with van der Waals surface area (Å²) in [6, 6.07) is 22.7. The quantitative estimate of drug-likeness (QED) is 0.288. The van der Waals surface area contributed by atoms with E-state index in [0.717, 1.165) is 34.3 Å². The van der Waals surface area contributed by atoms with Gasteiger partial charge in [0, 0.05) is 18.1 Å². The fourth-order valence-corrected chi connectivity index (χ4v) is 3.78. The maximum atomic E-state index is 13.1. The molecule has 5 aromatic rings. The van der Waals surface area contributed by atoms with E-state index in [1.54, 1.807) is 6.07 Å². The van der Waals surface area contributed by atoms with Gasteiger partial charge in [-0.3, -0.25) is 0 Å². The first-order valence-electron chi connectivity index (χ1n) is 10.9. The van der Waals surface area contributed by atoms with Gasteiger partial charge in [-0.1, -0.05) is 61.9 Å². The lowest BCUT2D eigenvalue weighted by atomic mass is 9.99. The van der Waals surface area contributed by atoms with Crippen LogP contribution in [0.25, 0.3) is 33.5 Å². The van der Waals surface area contributed by atoms with Gasteiger partial charge in [0.05, 0.1) is 0 Å². The third-order valence-electron chi connectivity index (χ3n) is 5.45. The Morgan fingerprint density at radius 1 is 0.939 bits per heavy atom. The highest BCUT2D eigenvalue weighted by molar-refractivity contribution is 5.80. The Hall–Kier alpha value is -4.33. The third kappa shape index (κ3) is 4.10. The molecule has 0 aliphatic heterocycles. The molecule has 8 heteroatoms. The number of nitrogens with zero attached hydrogens (tertiary/aromatic N) is 5.